The third kappa shape index (κ3) is 4.27. The van der Waals surface area contributed by atoms with Gasteiger partial charge in [0.2, 0.25) is 0 Å². The van der Waals surface area contributed by atoms with Gasteiger partial charge in [0.25, 0.3) is 5.91 Å². The second-order valence-corrected chi connectivity index (χ2v) is 11.8. The summed E-state index contributed by atoms with van der Waals surface area (Å²) in [5.41, 5.74) is 9.72. The van der Waals surface area contributed by atoms with Crippen LogP contribution in [0.5, 0.6) is 5.75 Å². The van der Waals surface area contributed by atoms with Crippen LogP contribution in [0.1, 0.15) is 86.6 Å². The average Bonchev–Trinajstić information content (AvgIpc) is 3.11. The lowest BCUT2D eigenvalue weighted by Gasteiger charge is -2.41. The minimum absolute atomic E-state index is 0.323. The summed E-state index contributed by atoms with van der Waals surface area (Å²) in [6, 6.07) is 14.1. The van der Waals surface area contributed by atoms with Crippen LogP contribution in [0.15, 0.2) is 42.5 Å². The predicted molar refractivity (Wildman–Crippen MR) is 148 cm³/mol. The van der Waals surface area contributed by atoms with Gasteiger partial charge in [-0.25, -0.2) is 4.79 Å². The highest BCUT2D eigenvalue weighted by molar-refractivity contribution is 6.03. The number of ether oxygens (including phenoxy) is 1. The Morgan fingerprint density at radius 1 is 1.05 bits per heavy atom. The van der Waals surface area contributed by atoms with Gasteiger partial charge in [-0.1, -0.05) is 37.5 Å². The molecule has 6 rings (SSSR count). The maximum absolute atomic E-state index is 13.5. The lowest BCUT2D eigenvalue weighted by atomic mass is 9.73. The van der Waals surface area contributed by atoms with Crippen molar-refractivity contribution in [2.45, 2.75) is 88.3 Å². The third-order valence-electron chi connectivity index (χ3n) is 9.10. The van der Waals surface area contributed by atoms with E-state index in [1.54, 1.807) is 0 Å². The number of benzene rings is 2. The molecule has 0 spiro atoms. The highest BCUT2D eigenvalue weighted by Gasteiger charge is 2.45. The molecule has 4 N–H and O–H groups in total. The summed E-state index contributed by atoms with van der Waals surface area (Å²) in [6.45, 7) is 3.18. The number of aliphatic carboxylic acids is 1. The molecule has 2 aliphatic carbocycles. The SMILES string of the molecule is CC1(N)CCC(NC(=O)c2ccc3c(C4CCCCC4)c4n(c3c2)CCOc2ccccc2-4)(C(=O)O)CC1. The topological polar surface area (TPSA) is 107 Å². The lowest BCUT2D eigenvalue weighted by Crippen LogP contribution is -2.59. The second-order valence-electron chi connectivity index (χ2n) is 11.8. The Bertz CT molecular complexity index is 1390. The first-order valence-corrected chi connectivity index (χ1v) is 14.0. The summed E-state index contributed by atoms with van der Waals surface area (Å²) < 4.78 is 8.45. The van der Waals surface area contributed by atoms with E-state index < -0.39 is 17.0 Å². The number of nitrogens with two attached hydrogens (primary N) is 1. The number of fused-ring (bicyclic) bond motifs is 5. The van der Waals surface area contributed by atoms with Crippen molar-refractivity contribution >= 4 is 22.8 Å². The molecular formula is C31H37N3O4. The smallest absolute Gasteiger partial charge is 0.329 e. The predicted octanol–water partition coefficient (Wildman–Crippen LogP) is 5.59. The molecule has 0 bridgehead atoms. The highest BCUT2D eigenvalue weighted by atomic mass is 16.5. The molecule has 2 fully saturated rings. The number of carbonyl (C=O) groups is 2. The Kier molecular flexibility index (Phi) is 6.22. The van der Waals surface area contributed by atoms with E-state index in [-0.39, 0.29) is 5.91 Å². The van der Waals surface area contributed by atoms with Gasteiger partial charge in [0.15, 0.2) is 0 Å². The molecule has 1 aliphatic heterocycles. The second kappa shape index (κ2) is 9.45. The summed E-state index contributed by atoms with van der Waals surface area (Å²) in [7, 11) is 0. The molecule has 0 unspecified atom stereocenters. The molecule has 38 heavy (non-hydrogen) atoms. The number of amides is 1. The molecule has 3 aliphatic rings. The van der Waals surface area contributed by atoms with Crippen molar-refractivity contribution in [2.75, 3.05) is 6.61 Å². The normalized spacial score (nSPS) is 25.6. The van der Waals surface area contributed by atoms with Crippen LogP contribution in [0, 0.1) is 0 Å². The van der Waals surface area contributed by atoms with Gasteiger partial charge < -0.3 is 25.5 Å². The van der Waals surface area contributed by atoms with Crippen LogP contribution in [0.4, 0.5) is 0 Å². The Balaban J connectivity index is 1.43. The largest absolute Gasteiger partial charge is 0.491 e. The number of nitrogens with zero attached hydrogens (tertiary/aromatic N) is 1. The molecule has 0 atom stereocenters. The lowest BCUT2D eigenvalue weighted by molar-refractivity contribution is -0.146. The van der Waals surface area contributed by atoms with Crippen molar-refractivity contribution in [1.82, 2.24) is 9.88 Å². The Hall–Kier alpha value is -3.32. The zero-order valence-corrected chi connectivity index (χ0v) is 22.1. The van der Waals surface area contributed by atoms with E-state index in [9.17, 15) is 14.7 Å². The van der Waals surface area contributed by atoms with Gasteiger partial charge in [-0.15, -0.1) is 0 Å². The van der Waals surface area contributed by atoms with E-state index in [4.69, 9.17) is 10.5 Å². The van der Waals surface area contributed by atoms with Gasteiger partial charge in [0.05, 0.1) is 12.2 Å². The molecule has 7 heteroatoms. The maximum Gasteiger partial charge on any atom is 0.329 e. The number of rotatable bonds is 4. The summed E-state index contributed by atoms with van der Waals surface area (Å²) in [5, 5.41) is 14.2. The van der Waals surface area contributed by atoms with Crippen molar-refractivity contribution in [1.29, 1.82) is 0 Å². The fourth-order valence-corrected chi connectivity index (χ4v) is 6.81. The molecular weight excluding hydrogens is 478 g/mol. The van der Waals surface area contributed by atoms with Crippen LogP contribution >= 0.6 is 0 Å². The first-order valence-electron chi connectivity index (χ1n) is 14.0. The molecule has 7 nitrogen and oxygen atoms in total. The third-order valence-corrected chi connectivity index (χ3v) is 9.10. The van der Waals surface area contributed by atoms with Gasteiger partial charge in [0, 0.05) is 27.6 Å². The molecule has 2 heterocycles. The summed E-state index contributed by atoms with van der Waals surface area (Å²) in [4.78, 5) is 25.8. The van der Waals surface area contributed by atoms with Crippen molar-refractivity contribution in [3.8, 4) is 17.0 Å². The Morgan fingerprint density at radius 3 is 2.53 bits per heavy atom. The number of hydrogen-bond donors (Lipinski definition) is 3. The van der Waals surface area contributed by atoms with Gasteiger partial charge in [-0.05, 0) is 81.2 Å². The highest BCUT2D eigenvalue weighted by Crippen LogP contribution is 2.47. The van der Waals surface area contributed by atoms with Gasteiger partial charge in [0.1, 0.15) is 17.9 Å². The minimum atomic E-state index is -1.29. The Morgan fingerprint density at radius 2 is 1.79 bits per heavy atom. The molecule has 0 saturated heterocycles. The number of nitrogens with one attached hydrogen (secondary N) is 1. The van der Waals surface area contributed by atoms with Crippen LogP contribution in [-0.2, 0) is 11.3 Å². The Labute approximate surface area is 223 Å². The van der Waals surface area contributed by atoms with Gasteiger partial charge >= 0.3 is 5.97 Å². The van der Waals surface area contributed by atoms with Gasteiger partial charge in [-0.3, -0.25) is 4.79 Å². The molecule has 0 radical (unpaired) electrons. The molecule has 2 saturated carbocycles. The monoisotopic (exact) mass is 515 g/mol. The van der Waals surface area contributed by atoms with E-state index in [1.807, 2.05) is 31.2 Å². The fourth-order valence-electron chi connectivity index (χ4n) is 6.81. The first-order chi connectivity index (χ1) is 18.3. The summed E-state index contributed by atoms with van der Waals surface area (Å²) >= 11 is 0. The quantitative estimate of drug-likeness (QED) is 0.420. The van der Waals surface area contributed by atoms with Crippen molar-refractivity contribution in [3.63, 3.8) is 0 Å². The fraction of sp³-hybridized carbons (Fsp3) is 0.484. The molecule has 3 aromatic rings. The van der Waals surface area contributed by atoms with Crippen LogP contribution in [-0.4, -0.2) is 39.2 Å². The van der Waals surface area contributed by atoms with E-state index in [0.29, 0.717) is 50.3 Å². The van der Waals surface area contributed by atoms with Crippen LogP contribution in [0.25, 0.3) is 22.2 Å². The number of hydrogen-bond acceptors (Lipinski definition) is 4. The molecule has 200 valence electrons. The summed E-state index contributed by atoms with van der Waals surface area (Å²) in [6.07, 6.45) is 7.82. The number of carboxylic acid groups (broad SMARTS) is 1. The molecule has 1 amide bonds. The van der Waals surface area contributed by atoms with Crippen molar-refractivity contribution in [3.05, 3.63) is 53.6 Å². The zero-order chi connectivity index (χ0) is 26.5. The molecule has 2 aromatic carbocycles. The number of para-hydroxylation sites is 1. The molecule has 1 aromatic heterocycles. The number of carboxylic acids is 1. The average molecular weight is 516 g/mol. The van der Waals surface area contributed by atoms with E-state index >= 15 is 0 Å². The van der Waals surface area contributed by atoms with Crippen LogP contribution in [0.3, 0.4) is 0 Å². The van der Waals surface area contributed by atoms with E-state index in [0.717, 1.165) is 16.8 Å². The number of carbonyl (C=O) groups excluding carboxylic acids is 1. The van der Waals surface area contributed by atoms with E-state index in [1.165, 1.54) is 48.7 Å². The van der Waals surface area contributed by atoms with Crippen molar-refractivity contribution < 1.29 is 19.4 Å². The maximum atomic E-state index is 13.5. The van der Waals surface area contributed by atoms with Crippen LogP contribution in [0.2, 0.25) is 0 Å². The van der Waals surface area contributed by atoms with E-state index in [2.05, 4.69) is 28.1 Å². The van der Waals surface area contributed by atoms with Gasteiger partial charge in [-0.2, -0.15) is 0 Å². The van der Waals surface area contributed by atoms with Crippen molar-refractivity contribution in [2.24, 2.45) is 5.73 Å². The zero-order valence-electron chi connectivity index (χ0n) is 22.1. The standard InChI is InChI=1S/C31H37N3O4/c1-30(32)13-15-31(16-14-30,29(36)37)33-28(35)21-11-12-22-24(19-21)34-17-18-38-25-10-6-5-9-23(25)27(34)26(22)20-7-3-2-4-8-20/h5-6,9-12,19-20H,2-4,7-8,13-18,32H2,1H3,(H,33,35)(H,36,37). The number of aromatic nitrogens is 1. The van der Waals surface area contributed by atoms with Crippen LogP contribution < -0.4 is 15.8 Å². The minimum Gasteiger partial charge on any atom is -0.491 e. The summed E-state index contributed by atoms with van der Waals surface area (Å²) in [5.74, 6) is 0.0235. The first kappa shape index (κ1) is 25.0.